The van der Waals surface area contributed by atoms with Gasteiger partial charge in [0.1, 0.15) is 0 Å². The van der Waals surface area contributed by atoms with Crippen LogP contribution in [0.3, 0.4) is 0 Å². The maximum atomic E-state index is 11.9. The van der Waals surface area contributed by atoms with Crippen molar-refractivity contribution >= 4 is 11.9 Å². The van der Waals surface area contributed by atoms with E-state index in [0.717, 1.165) is 37.9 Å². The van der Waals surface area contributed by atoms with Crippen molar-refractivity contribution in [2.24, 2.45) is 0 Å². The molecule has 0 aromatic carbocycles. The molecule has 162 valence electrons. The number of carboxylic acid groups (broad SMARTS) is 1. The second-order valence-electron chi connectivity index (χ2n) is 7.06. The molecule has 29 heavy (non-hydrogen) atoms. The smallest absolute Gasteiger partial charge is 0.475 e. The summed E-state index contributed by atoms with van der Waals surface area (Å²) in [5, 5.41) is 7.12. The van der Waals surface area contributed by atoms with Crippen LogP contribution in [0.2, 0.25) is 0 Å². The van der Waals surface area contributed by atoms with Crippen molar-refractivity contribution in [3.8, 4) is 0 Å². The molecule has 1 aromatic heterocycles. The quantitative estimate of drug-likeness (QED) is 0.809. The lowest BCUT2D eigenvalue weighted by atomic mass is 9.89. The van der Waals surface area contributed by atoms with E-state index < -0.39 is 12.1 Å². The fourth-order valence-electron chi connectivity index (χ4n) is 3.42. The highest BCUT2D eigenvalue weighted by molar-refractivity contribution is 5.76. The van der Waals surface area contributed by atoms with Crippen LogP contribution < -0.4 is 0 Å². The van der Waals surface area contributed by atoms with Gasteiger partial charge in [0.15, 0.2) is 0 Å². The van der Waals surface area contributed by atoms with Crippen LogP contribution in [-0.4, -0.2) is 64.4 Å². The number of aliphatic carboxylic acids is 1. The van der Waals surface area contributed by atoms with Crippen LogP contribution in [0.4, 0.5) is 13.2 Å². The van der Waals surface area contributed by atoms with E-state index in [0.29, 0.717) is 19.6 Å². The van der Waals surface area contributed by atoms with Crippen LogP contribution >= 0.6 is 0 Å². The largest absolute Gasteiger partial charge is 0.490 e. The number of halogens is 3. The molecule has 0 saturated carbocycles. The number of hydrogen-bond donors (Lipinski definition) is 1. The Bertz CT molecular complexity index is 686. The van der Waals surface area contributed by atoms with Gasteiger partial charge in [0, 0.05) is 38.3 Å². The molecule has 0 radical (unpaired) electrons. The summed E-state index contributed by atoms with van der Waals surface area (Å²) >= 11 is 0. The van der Waals surface area contributed by atoms with E-state index in [9.17, 15) is 18.0 Å². The normalized spacial score (nSPS) is 24.1. The van der Waals surface area contributed by atoms with Gasteiger partial charge in [-0.3, -0.25) is 9.78 Å². The summed E-state index contributed by atoms with van der Waals surface area (Å²) in [6, 6.07) is 3.93. The Morgan fingerprint density at radius 1 is 1.38 bits per heavy atom. The van der Waals surface area contributed by atoms with Gasteiger partial charge in [0.05, 0.1) is 24.9 Å². The number of ether oxygens (including phenoxy) is 2. The Kier molecular flexibility index (Phi) is 7.97. The first-order chi connectivity index (χ1) is 13.6. The van der Waals surface area contributed by atoms with Gasteiger partial charge in [0.2, 0.25) is 5.91 Å². The second-order valence-corrected chi connectivity index (χ2v) is 7.06. The molecule has 2 fully saturated rings. The summed E-state index contributed by atoms with van der Waals surface area (Å²) in [7, 11) is 0. The first-order valence-electron chi connectivity index (χ1n) is 9.37. The molecule has 0 aliphatic carbocycles. The van der Waals surface area contributed by atoms with Crippen molar-refractivity contribution in [2.75, 3.05) is 19.7 Å². The van der Waals surface area contributed by atoms with Crippen molar-refractivity contribution < 1.29 is 37.3 Å². The van der Waals surface area contributed by atoms with Crippen molar-refractivity contribution in [3.63, 3.8) is 0 Å². The molecule has 0 bridgehead atoms. The number of carboxylic acids is 1. The number of hydrogen-bond acceptors (Lipinski definition) is 5. The van der Waals surface area contributed by atoms with Crippen LogP contribution in [0.1, 0.15) is 38.2 Å². The number of aromatic nitrogens is 1. The molecule has 3 rings (SSSR count). The maximum Gasteiger partial charge on any atom is 0.490 e. The molecule has 3 heterocycles. The van der Waals surface area contributed by atoms with Crippen LogP contribution in [0.15, 0.2) is 24.5 Å². The number of likely N-dealkylation sites (tertiary alicyclic amines) is 1. The average Bonchev–Trinajstić information content (AvgIpc) is 3.08. The highest BCUT2D eigenvalue weighted by Crippen LogP contribution is 2.36. The molecule has 2 atom stereocenters. The molecule has 2 saturated heterocycles. The van der Waals surface area contributed by atoms with Gasteiger partial charge in [-0.1, -0.05) is 6.92 Å². The number of nitrogens with zero attached hydrogens (tertiary/aromatic N) is 2. The van der Waals surface area contributed by atoms with E-state index in [1.807, 2.05) is 24.0 Å². The van der Waals surface area contributed by atoms with Crippen LogP contribution in [0.5, 0.6) is 0 Å². The Morgan fingerprint density at radius 2 is 2.03 bits per heavy atom. The lowest BCUT2D eigenvalue weighted by molar-refractivity contribution is -0.192. The summed E-state index contributed by atoms with van der Waals surface area (Å²) in [6.07, 6.45) is 2.08. The van der Waals surface area contributed by atoms with Gasteiger partial charge >= 0.3 is 12.1 Å². The summed E-state index contributed by atoms with van der Waals surface area (Å²) in [5.41, 5.74) is 0.939. The predicted octanol–water partition coefficient (Wildman–Crippen LogP) is 2.79. The van der Waals surface area contributed by atoms with E-state index in [1.165, 1.54) is 0 Å². The Labute approximate surface area is 166 Å². The van der Waals surface area contributed by atoms with Crippen molar-refractivity contribution in [3.05, 3.63) is 30.1 Å². The van der Waals surface area contributed by atoms with Crippen LogP contribution in [0, 0.1) is 0 Å². The van der Waals surface area contributed by atoms with E-state index in [1.54, 1.807) is 12.4 Å². The molecule has 1 amide bonds. The molecule has 10 heteroatoms. The first-order valence-corrected chi connectivity index (χ1v) is 9.37. The maximum absolute atomic E-state index is 11.9. The van der Waals surface area contributed by atoms with Gasteiger partial charge < -0.3 is 19.5 Å². The molecule has 2 aliphatic rings. The van der Waals surface area contributed by atoms with Crippen molar-refractivity contribution in [1.82, 2.24) is 9.88 Å². The van der Waals surface area contributed by atoms with Gasteiger partial charge in [-0.15, -0.1) is 0 Å². The SMILES string of the molecule is CCC(=O)N1CCC[C@]2(C[C@H](OCc3ccncc3)CO2)C1.O=C(O)C(F)(F)F. The monoisotopic (exact) mass is 418 g/mol. The number of carbonyl (C=O) groups is 2. The van der Waals surface area contributed by atoms with E-state index in [-0.39, 0.29) is 17.6 Å². The summed E-state index contributed by atoms with van der Waals surface area (Å²) in [4.78, 5) is 26.8. The third-order valence-electron chi connectivity index (χ3n) is 4.85. The fraction of sp³-hybridized carbons (Fsp3) is 0.632. The molecule has 1 aromatic rings. The minimum atomic E-state index is -5.08. The molecule has 0 unspecified atom stereocenters. The van der Waals surface area contributed by atoms with E-state index >= 15 is 0 Å². The standard InChI is InChI=1S/C17H24N2O3.C2HF3O2/c1-2-16(20)19-9-3-6-17(13-19)10-15(12-22-17)21-11-14-4-7-18-8-5-14;3-2(4,5)1(6)7/h4-5,7-8,15H,2-3,6,9-13H2,1H3;(H,6,7)/t15-,17-;/m0./s1. The lowest BCUT2D eigenvalue weighted by Gasteiger charge is -2.39. The number of carbonyl (C=O) groups excluding carboxylic acids is 1. The highest BCUT2D eigenvalue weighted by atomic mass is 19.4. The van der Waals surface area contributed by atoms with Crippen LogP contribution in [0.25, 0.3) is 0 Å². The van der Waals surface area contributed by atoms with Gasteiger partial charge in [-0.25, -0.2) is 4.79 Å². The minimum Gasteiger partial charge on any atom is -0.475 e. The fourth-order valence-corrected chi connectivity index (χ4v) is 3.42. The van der Waals surface area contributed by atoms with Gasteiger partial charge in [-0.2, -0.15) is 13.2 Å². The molecule has 2 aliphatic heterocycles. The minimum absolute atomic E-state index is 0.116. The third-order valence-corrected chi connectivity index (χ3v) is 4.85. The number of rotatable bonds is 4. The zero-order chi connectivity index (χ0) is 21.5. The summed E-state index contributed by atoms with van der Waals surface area (Å²) in [5.74, 6) is -2.53. The van der Waals surface area contributed by atoms with Gasteiger partial charge in [-0.05, 0) is 30.5 Å². The molecular formula is C19H25F3N2O5. The zero-order valence-electron chi connectivity index (χ0n) is 16.2. The lowest BCUT2D eigenvalue weighted by Crippen LogP contribution is -2.50. The summed E-state index contributed by atoms with van der Waals surface area (Å²) < 4.78 is 43.8. The van der Waals surface area contributed by atoms with Gasteiger partial charge in [0.25, 0.3) is 0 Å². The Balaban J connectivity index is 0.000000370. The van der Waals surface area contributed by atoms with Crippen molar-refractivity contribution in [1.29, 1.82) is 0 Å². The van der Waals surface area contributed by atoms with E-state index in [4.69, 9.17) is 19.4 Å². The first kappa shape index (κ1) is 23.1. The topological polar surface area (TPSA) is 89.0 Å². The highest BCUT2D eigenvalue weighted by Gasteiger charge is 2.44. The third kappa shape index (κ3) is 6.97. The second kappa shape index (κ2) is 10.0. The molecule has 1 N–H and O–H groups in total. The van der Waals surface area contributed by atoms with Crippen molar-refractivity contribution in [2.45, 2.75) is 57.1 Å². The Morgan fingerprint density at radius 3 is 2.62 bits per heavy atom. The van der Waals surface area contributed by atoms with E-state index in [2.05, 4.69) is 4.98 Å². The number of piperidine rings is 1. The molecule has 1 spiro atoms. The van der Waals surface area contributed by atoms with Crippen LogP contribution in [-0.2, 0) is 25.7 Å². The average molecular weight is 418 g/mol. The number of pyridine rings is 1. The molecular weight excluding hydrogens is 393 g/mol. The molecule has 7 nitrogen and oxygen atoms in total. The predicted molar refractivity (Wildman–Crippen MR) is 95.9 cm³/mol. The summed E-state index contributed by atoms with van der Waals surface area (Å²) in [6.45, 7) is 4.71. The zero-order valence-corrected chi connectivity index (χ0v) is 16.2. The number of alkyl halides is 3. The Hall–Kier alpha value is -2.20. The number of amides is 1.